The van der Waals surface area contributed by atoms with E-state index in [1.54, 1.807) is 35.5 Å². The van der Waals surface area contributed by atoms with E-state index in [4.69, 9.17) is 43.7 Å². The topological polar surface area (TPSA) is 95.6 Å². The molecule has 9 heteroatoms. The zero-order valence-corrected chi connectivity index (χ0v) is 21.3. The molecular weight excluding hydrogens is 424 g/mol. The van der Waals surface area contributed by atoms with E-state index >= 15 is 0 Å². The van der Waals surface area contributed by atoms with E-state index in [2.05, 4.69) is 39.8 Å². The van der Waals surface area contributed by atoms with Crippen LogP contribution in [0.25, 0.3) is 0 Å². The molecule has 9 nitrogen and oxygen atoms in total. The quantitative estimate of drug-likeness (QED) is 0.601. The van der Waals surface area contributed by atoms with Crippen molar-refractivity contribution in [1.29, 1.82) is 0 Å². The van der Waals surface area contributed by atoms with Gasteiger partial charge in [-0.15, -0.1) is 0 Å². The first-order chi connectivity index (χ1) is 15.7. The van der Waals surface area contributed by atoms with Crippen molar-refractivity contribution in [3.63, 3.8) is 0 Å². The first-order valence-electron chi connectivity index (χ1n) is 11.4. The molecule has 0 saturated heterocycles. The maximum absolute atomic E-state index is 6.21. The molecule has 33 heavy (non-hydrogen) atoms. The Labute approximate surface area is 197 Å². The van der Waals surface area contributed by atoms with Crippen molar-refractivity contribution in [3.05, 3.63) is 12.2 Å². The van der Waals surface area contributed by atoms with Crippen molar-refractivity contribution >= 4 is 23.6 Å². The lowest BCUT2D eigenvalue weighted by Crippen LogP contribution is -2.65. The number of hydrogen-bond acceptors (Lipinski definition) is 9. The molecule has 0 aromatic heterocycles. The number of methoxy groups -OCH3 is 5. The Morgan fingerprint density at radius 1 is 0.697 bits per heavy atom. The van der Waals surface area contributed by atoms with Crippen LogP contribution < -0.4 is 0 Å². The fourth-order valence-electron chi connectivity index (χ4n) is 5.00. The standard InChI is InChI=1S/C24H38N4O5/c1-14(2)16-18(29-5)27-23(21(25-16)32-8)12-10-11-13-24(20(23)31-7)22(33-9)26-17(15(3)4)19(28-24)30-6/h10-11,14-17,20H,12-13H2,1-9H3/t16-,17-,23+,24+/m1/s1. The largest absolute Gasteiger partial charge is 0.483 e. The van der Waals surface area contributed by atoms with Crippen molar-refractivity contribution < 1.29 is 23.7 Å². The van der Waals surface area contributed by atoms with Crippen LogP contribution in [0.3, 0.4) is 0 Å². The molecule has 2 heterocycles. The normalized spacial score (nSPS) is 32.3. The maximum Gasteiger partial charge on any atom is 0.215 e. The molecule has 0 saturated carbocycles. The summed E-state index contributed by atoms with van der Waals surface area (Å²) in [7, 11) is 8.12. The predicted octanol–water partition coefficient (Wildman–Crippen LogP) is 3.09. The van der Waals surface area contributed by atoms with Gasteiger partial charge in [-0.3, -0.25) is 0 Å². The van der Waals surface area contributed by atoms with Gasteiger partial charge in [-0.1, -0.05) is 39.8 Å². The van der Waals surface area contributed by atoms with Crippen LogP contribution in [0.2, 0.25) is 0 Å². The molecule has 0 amide bonds. The molecule has 4 atom stereocenters. The SMILES string of the molecule is COC1=N[C@]2(CC=CC[C@]3(N=C(OC)[C@@H](C(C)C)N=C3OC)C2OC)C(OC)=N[C@@H]1C(C)C. The van der Waals surface area contributed by atoms with E-state index in [0.717, 1.165) is 0 Å². The Kier molecular flexibility index (Phi) is 7.51. The first-order valence-corrected chi connectivity index (χ1v) is 11.4. The maximum atomic E-state index is 6.21. The lowest BCUT2D eigenvalue weighted by molar-refractivity contribution is 0.0108. The van der Waals surface area contributed by atoms with Gasteiger partial charge in [0.2, 0.25) is 23.6 Å². The average molecular weight is 463 g/mol. The summed E-state index contributed by atoms with van der Waals surface area (Å²) in [5.74, 6) is 2.41. The molecule has 1 aliphatic carbocycles. The smallest absolute Gasteiger partial charge is 0.215 e. The molecule has 2 spiro atoms. The number of ether oxygens (including phenoxy) is 5. The minimum atomic E-state index is -1.01. The van der Waals surface area contributed by atoms with Crippen molar-refractivity contribution in [2.45, 2.75) is 69.8 Å². The van der Waals surface area contributed by atoms with E-state index in [9.17, 15) is 0 Å². The van der Waals surface area contributed by atoms with Gasteiger partial charge in [0.1, 0.15) is 18.2 Å². The lowest BCUT2D eigenvalue weighted by atomic mass is 9.75. The van der Waals surface area contributed by atoms with Gasteiger partial charge in [0.25, 0.3) is 0 Å². The molecule has 2 aliphatic heterocycles. The predicted molar refractivity (Wildman–Crippen MR) is 130 cm³/mol. The fraction of sp³-hybridized carbons (Fsp3) is 0.750. The third kappa shape index (κ3) is 4.05. The third-order valence-corrected chi connectivity index (χ3v) is 6.57. The van der Waals surface area contributed by atoms with E-state index in [0.29, 0.717) is 36.4 Å². The van der Waals surface area contributed by atoms with Crippen LogP contribution in [-0.2, 0) is 23.7 Å². The minimum Gasteiger partial charge on any atom is -0.483 e. The van der Waals surface area contributed by atoms with Gasteiger partial charge in [0.05, 0.1) is 28.4 Å². The zero-order chi connectivity index (χ0) is 24.4. The molecule has 0 bridgehead atoms. The fourth-order valence-corrected chi connectivity index (χ4v) is 5.00. The van der Waals surface area contributed by atoms with Crippen LogP contribution in [0.5, 0.6) is 0 Å². The van der Waals surface area contributed by atoms with Crippen LogP contribution >= 0.6 is 0 Å². The summed E-state index contributed by atoms with van der Waals surface area (Å²) < 4.78 is 29.4. The van der Waals surface area contributed by atoms with E-state index in [-0.39, 0.29) is 23.9 Å². The molecule has 0 unspecified atom stereocenters. The molecule has 0 N–H and O–H groups in total. The zero-order valence-electron chi connectivity index (χ0n) is 21.3. The monoisotopic (exact) mass is 462 g/mol. The van der Waals surface area contributed by atoms with Crippen LogP contribution in [0.15, 0.2) is 32.1 Å². The van der Waals surface area contributed by atoms with Gasteiger partial charge < -0.3 is 23.7 Å². The number of hydrogen-bond donors (Lipinski definition) is 0. The van der Waals surface area contributed by atoms with Gasteiger partial charge in [-0.25, -0.2) is 20.0 Å². The molecule has 0 fully saturated rings. The van der Waals surface area contributed by atoms with E-state index < -0.39 is 17.2 Å². The highest BCUT2D eigenvalue weighted by molar-refractivity contribution is 6.02. The Morgan fingerprint density at radius 3 is 1.36 bits per heavy atom. The number of rotatable bonds is 3. The molecule has 3 aliphatic rings. The average Bonchev–Trinajstić information content (AvgIpc) is 2.95. The van der Waals surface area contributed by atoms with Gasteiger partial charge >= 0.3 is 0 Å². The molecule has 0 aromatic carbocycles. The van der Waals surface area contributed by atoms with Crippen LogP contribution in [0.1, 0.15) is 40.5 Å². The van der Waals surface area contributed by atoms with Crippen LogP contribution in [-0.4, -0.2) is 88.4 Å². The minimum absolute atomic E-state index is 0.179. The summed E-state index contributed by atoms with van der Waals surface area (Å²) in [6.07, 6.45) is 4.48. The number of aliphatic imine (C=N–C) groups is 4. The number of nitrogens with zero attached hydrogens (tertiary/aromatic N) is 4. The second kappa shape index (κ2) is 9.83. The van der Waals surface area contributed by atoms with Crippen LogP contribution in [0.4, 0.5) is 0 Å². The Morgan fingerprint density at radius 2 is 1.09 bits per heavy atom. The highest BCUT2D eigenvalue weighted by Gasteiger charge is 2.62. The Hall–Kier alpha value is -2.42. The van der Waals surface area contributed by atoms with Crippen molar-refractivity contribution in [3.8, 4) is 0 Å². The second-order valence-electron chi connectivity index (χ2n) is 9.31. The van der Waals surface area contributed by atoms with E-state index in [1.165, 1.54) is 0 Å². The summed E-state index contributed by atoms with van der Waals surface area (Å²) in [5.41, 5.74) is -2.03. The third-order valence-electron chi connectivity index (χ3n) is 6.57. The molecule has 184 valence electrons. The molecule has 0 radical (unpaired) electrons. The lowest BCUT2D eigenvalue weighted by Gasteiger charge is -2.47. The molecule has 3 rings (SSSR count). The Balaban J connectivity index is 2.28. The summed E-state index contributed by atoms with van der Waals surface area (Å²) in [6.45, 7) is 8.31. The summed E-state index contributed by atoms with van der Waals surface area (Å²) in [4.78, 5) is 20.1. The van der Waals surface area contributed by atoms with Gasteiger partial charge in [-0.05, 0) is 11.8 Å². The summed E-state index contributed by atoms with van der Waals surface area (Å²) in [5, 5.41) is 0. The van der Waals surface area contributed by atoms with E-state index in [1.807, 2.05) is 0 Å². The molecule has 0 aromatic rings. The summed E-state index contributed by atoms with van der Waals surface area (Å²) >= 11 is 0. The van der Waals surface area contributed by atoms with Gasteiger partial charge in [-0.2, -0.15) is 0 Å². The van der Waals surface area contributed by atoms with Crippen molar-refractivity contribution in [2.24, 2.45) is 31.8 Å². The highest BCUT2D eigenvalue weighted by Crippen LogP contribution is 2.44. The van der Waals surface area contributed by atoms with Crippen molar-refractivity contribution in [1.82, 2.24) is 0 Å². The van der Waals surface area contributed by atoms with Crippen molar-refractivity contribution in [2.75, 3.05) is 35.5 Å². The Bertz CT molecular complexity index is 810. The van der Waals surface area contributed by atoms with Gasteiger partial charge in [0, 0.05) is 20.0 Å². The molecular formula is C24H38N4O5. The first kappa shape index (κ1) is 25.2. The van der Waals surface area contributed by atoms with Gasteiger partial charge in [0.15, 0.2) is 11.1 Å². The summed E-state index contributed by atoms with van der Waals surface area (Å²) in [6, 6.07) is -0.497. The second-order valence-corrected chi connectivity index (χ2v) is 9.31. The van der Waals surface area contributed by atoms with Crippen LogP contribution in [0, 0.1) is 11.8 Å². The highest BCUT2D eigenvalue weighted by atomic mass is 16.5.